The van der Waals surface area contributed by atoms with Gasteiger partial charge in [-0.3, -0.25) is 0 Å². The summed E-state index contributed by atoms with van der Waals surface area (Å²) >= 11 is 4.53. The van der Waals surface area contributed by atoms with Crippen LogP contribution in [0.2, 0.25) is 0 Å². The molecule has 0 radical (unpaired) electrons. The lowest BCUT2D eigenvalue weighted by Crippen LogP contribution is -2.44. The minimum Gasteiger partial charge on any atom is -0.314 e. The molecule has 0 bridgehead atoms. The van der Waals surface area contributed by atoms with Crippen LogP contribution in [-0.4, -0.2) is 37.6 Å². The average Bonchev–Trinajstić information content (AvgIpc) is 2.29. The molecule has 0 spiro atoms. The normalized spacial score (nSPS) is 17.6. The van der Waals surface area contributed by atoms with Crippen LogP contribution in [0.15, 0.2) is 23.1 Å². The molecular formula is C13H20N2S. The summed E-state index contributed by atoms with van der Waals surface area (Å²) in [6, 6.07) is 6.53. The first-order valence-electron chi connectivity index (χ1n) is 5.97. The van der Waals surface area contributed by atoms with Crippen molar-refractivity contribution in [3.8, 4) is 0 Å². The Morgan fingerprint density at radius 1 is 1.31 bits per heavy atom. The fourth-order valence-corrected chi connectivity index (χ4v) is 2.49. The maximum Gasteiger partial charge on any atom is 0.0108 e. The third kappa shape index (κ3) is 3.24. The van der Waals surface area contributed by atoms with E-state index in [0.717, 1.165) is 31.0 Å². The number of piperazine rings is 1. The van der Waals surface area contributed by atoms with Gasteiger partial charge >= 0.3 is 0 Å². The average molecular weight is 236 g/mol. The Morgan fingerprint density at radius 3 is 2.75 bits per heavy atom. The summed E-state index contributed by atoms with van der Waals surface area (Å²) in [4.78, 5) is 3.65. The van der Waals surface area contributed by atoms with Gasteiger partial charge in [0, 0.05) is 37.6 Å². The molecule has 16 heavy (non-hydrogen) atoms. The van der Waals surface area contributed by atoms with E-state index in [-0.39, 0.29) is 0 Å². The zero-order valence-electron chi connectivity index (χ0n) is 9.87. The third-order valence-corrected chi connectivity index (χ3v) is 3.56. The van der Waals surface area contributed by atoms with Gasteiger partial charge in [-0.1, -0.05) is 17.7 Å². The van der Waals surface area contributed by atoms with Crippen LogP contribution in [0.1, 0.15) is 11.1 Å². The lowest BCUT2D eigenvalue weighted by atomic mass is 10.1. The molecule has 1 aromatic rings. The SMILES string of the molecule is Cc1ccc(CCN2CCNCC2)c(S)c1. The van der Waals surface area contributed by atoms with Crippen molar-refractivity contribution < 1.29 is 0 Å². The van der Waals surface area contributed by atoms with Crippen LogP contribution in [0, 0.1) is 6.92 Å². The fraction of sp³-hybridized carbons (Fsp3) is 0.538. The second kappa shape index (κ2) is 5.71. The van der Waals surface area contributed by atoms with Gasteiger partial charge in [-0.15, -0.1) is 12.6 Å². The number of hydrogen-bond donors (Lipinski definition) is 2. The number of nitrogens with one attached hydrogen (secondary N) is 1. The summed E-state index contributed by atoms with van der Waals surface area (Å²) in [5.41, 5.74) is 2.66. The zero-order valence-corrected chi connectivity index (χ0v) is 10.8. The van der Waals surface area contributed by atoms with Crippen molar-refractivity contribution in [3.63, 3.8) is 0 Å². The number of thiol groups is 1. The molecule has 88 valence electrons. The van der Waals surface area contributed by atoms with E-state index in [4.69, 9.17) is 0 Å². The van der Waals surface area contributed by atoms with Gasteiger partial charge in [0.25, 0.3) is 0 Å². The number of rotatable bonds is 3. The van der Waals surface area contributed by atoms with Crippen LogP contribution in [0.5, 0.6) is 0 Å². The molecule has 3 heteroatoms. The Morgan fingerprint density at radius 2 is 2.06 bits per heavy atom. The van der Waals surface area contributed by atoms with Gasteiger partial charge in [-0.25, -0.2) is 0 Å². The molecule has 0 aromatic heterocycles. The van der Waals surface area contributed by atoms with E-state index in [9.17, 15) is 0 Å². The van der Waals surface area contributed by atoms with Crippen LogP contribution in [0.25, 0.3) is 0 Å². The maximum absolute atomic E-state index is 4.53. The van der Waals surface area contributed by atoms with E-state index in [1.165, 1.54) is 24.2 Å². The van der Waals surface area contributed by atoms with E-state index in [0.29, 0.717) is 0 Å². The highest BCUT2D eigenvalue weighted by Crippen LogP contribution is 2.16. The number of benzene rings is 1. The highest BCUT2D eigenvalue weighted by Gasteiger charge is 2.09. The van der Waals surface area contributed by atoms with E-state index in [1.807, 2.05) is 0 Å². The summed E-state index contributed by atoms with van der Waals surface area (Å²) in [6.07, 6.45) is 1.11. The Hall–Kier alpha value is -0.510. The predicted octanol–water partition coefficient (Wildman–Crippen LogP) is 1.73. The van der Waals surface area contributed by atoms with E-state index >= 15 is 0 Å². The lowest BCUT2D eigenvalue weighted by Gasteiger charge is -2.27. The van der Waals surface area contributed by atoms with Crippen molar-refractivity contribution in [1.82, 2.24) is 10.2 Å². The van der Waals surface area contributed by atoms with Crippen molar-refractivity contribution in [2.24, 2.45) is 0 Å². The van der Waals surface area contributed by atoms with Gasteiger partial charge in [0.05, 0.1) is 0 Å². The van der Waals surface area contributed by atoms with Gasteiger partial charge in [0.2, 0.25) is 0 Å². The Balaban J connectivity index is 1.88. The fourth-order valence-electron chi connectivity index (χ4n) is 2.10. The topological polar surface area (TPSA) is 15.3 Å². The second-order valence-corrected chi connectivity index (χ2v) is 4.96. The molecule has 1 aromatic carbocycles. The molecule has 0 atom stereocenters. The minimum atomic E-state index is 1.11. The van der Waals surface area contributed by atoms with Gasteiger partial charge < -0.3 is 10.2 Å². The molecule has 2 rings (SSSR count). The van der Waals surface area contributed by atoms with Crippen molar-refractivity contribution in [2.45, 2.75) is 18.2 Å². The molecule has 0 unspecified atom stereocenters. The third-order valence-electron chi connectivity index (χ3n) is 3.15. The molecule has 1 heterocycles. The monoisotopic (exact) mass is 236 g/mol. The first-order valence-corrected chi connectivity index (χ1v) is 6.42. The van der Waals surface area contributed by atoms with E-state index < -0.39 is 0 Å². The summed E-state index contributed by atoms with van der Waals surface area (Å²) in [7, 11) is 0. The van der Waals surface area contributed by atoms with Crippen molar-refractivity contribution in [3.05, 3.63) is 29.3 Å². The summed E-state index contributed by atoms with van der Waals surface area (Å²) in [6.45, 7) is 7.86. The molecular weight excluding hydrogens is 216 g/mol. The smallest absolute Gasteiger partial charge is 0.0108 e. The standard InChI is InChI=1S/C13H20N2S/c1-11-2-3-12(13(16)10-11)4-7-15-8-5-14-6-9-15/h2-3,10,14,16H,4-9H2,1H3. The quantitative estimate of drug-likeness (QED) is 0.777. The van der Waals surface area contributed by atoms with Crippen LogP contribution in [0.4, 0.5) is 0 Å². The maximum atomic E-state index is 4.53. The van der Waals surface area contributed by atoms with Gasteiger partial charge in [-0.2, -0.15) is 0 Å². The molecule has 0 aliphatic carbocycles. The highest BCUT2D eigenvalue weighted by atomic mass is 32.1. The molecule has 0 amide bonds. The van der Waals surface area contributed by atoms with Gasteiger partial charge in [0.15, 0.2) is 0 Å². The lowest BCUT2D eigenvalue weighted by molar-refractivity contribution is 0.243. The Labute approximate surface area is 103 Å². The number of aryl methyl sites for hydroxylation is 1. The first kappa shape index (κ1) is 12.0. The van der Waals surface area contributed by atoms with Gasteiger partial charge in [0.1, 0.15) is 0 Å². The molecule has 0 saturated carbocycles. The van der Waals surface area contributed by atoms with Crippen molar-refractivity contribution in [2.75, 3.05) is 32.7 Å². The van der Waals surface area contributed by atoms with Crippen LogP contribution < -0.4 is 5.32 Å². The van der Waals surface area contributed by atoms with Crippen LogP contribution in [-0.2, 0) is 6.42 Å². The second-order valence-electron chi connectivity index (χ2n) is 4.47. The van der Waals surface area contributed by atoms with Crippen molar-refractivity contribution >= 4 is 12.6 Å². The van der Waals surface area contributed by atoms with Crippen LogP contribution >= 0.6 is 12.6 Å². The zero-order chi connectivity index (χ0) is 11.4. The van der Waals surface area contributed by atoms with E-state index in [2.05, 4.69) is 48.0 Å². The van der Waals surface area contributed by atoms with Crippen molar-refractivity contribution in [1.29, 1.82) is 0 Å². The Bertz CT molecular complexity index is 346. The molecule has 1 aliphatic rings. The summed E-state index contributed by atoms with van der Waals surface area (Å²) in [5, 5.41) is 3.37. The molecule has 1 N–H and O–H groups in total. The molecule has 1 saturated heterocycles. The predicted molar refractivity (Wildman–Crippen MR) is 71.4 cm³/mol. The molecule has 1 aliphatic heterocycles. The first-order chi connectivity index (χ1) is 7.75. The summed E-state index contributed by atoms with van der Waals surface area (Å²) < 4.78 is 0. The molecule has 1 fully saturated rings. The van der Waals surface area contributed by atoms with Crippen LogP contribution in [0.3, 0.4) is 0 Å². The Kier molecular flexibility index (Phi) is 4.27. The largest absolute Gasteiger partial charge is 0.314 e. The van der Waals surface area contributed by atoms with Gasteiger partial charge in [-0.05, 0) is 25.0 Å². The number of nitrogens with zero attached hydrogens (tertiary/aromatic N) is 1. The molecule has 2 nitrogen and oxygen atoms in total. The summed E-state index contributed by atoms with van der Waals surface area (Å²) in [5.74, 6) is 0. The number of hydrogen-bond acceptors (Lipinski definition) is 3. The minimum absolute atomic E-state index is 1.11. The highest BCUT2D eigenvalue weighted by molar-refractivity contribution is 7.80. The van der Waals surface area contributed by atoms with E-state index in [1.54, 1.807) is 0 Å².